The van der Waals surface area contributed by atoms with Crippen LogP contribution in [0.4, 0.5) is 5.69 Å². The van der Waals surface area contributed by atoms with E-state index in [9.17, 15) is 0 Å². The summed E-state index contributed by atoms with van der Waals surface area (Å²) in [7, 11) is 0. The van der Waals surface area contributed by atoms with Crippen LogP contribution in [0.3, 0.4) is 0 Å². The second kappa shape index (κ2) is 2.66. The van der Waals surface area contributed by atoms with Gasteiger partial charge in [-0.2, -0.15) is 5.11 Å². The molecule has 3 nitrogen and oxygen atoms in total. The number of rotatable bonds is 1. The zero-order valence-corrected chi connectivity index (χ0v) is 5.76. The van der Waals surface area contributed by atoms with Crippen molar-refractivity contribution in [1.29, 1.82) is 5.53 Å². The van der Waals surface area contributed by atoms with Crippen LogP contribution in [0.15, 0.2) is 23.3 Å². The summed E-state index contributed by atoms with van der Waals surface area (Å²) in [6, 6.07) is 4.66. The van der Waals surface area contributed by atoms with Gasteiger partial charge in [-0.1, -0.05) is 17.7 Å². The van der Waals surface area contributed by atoms with Gasteiger partial charge in [-0.15, -0.1) is 0 Å². The van der Waals surface area contributed by atoms with Gasteiger partial charge in [-0.05, 0) is 12.1 Å². The summed E-state index contributed by atoms with van der Waals surface area (Å²) < 4.78 is 0. The largest absolute Gasteiger partial charge is 0.504 e. The van der Waals surface area contributed by atoms with E-state index >= 15 is 0 Å². The standard InChI is InChI=1S/C6H5ClN2O/c7-4-2-1-3-5(9-8)6(4)10/h1-3,8,10H. The van der Waals surface area contributed by atoms with E-state index in [1.54, 1.807) is 6.07 Å². The number of para-hydroxylation sites is 1. The van der Waals surface area contributed by atoms with Crippen molar-refractivity contribution in [1.82, 2.24) is 0 Å². The molecule has 4 heteroatoms. The monoisotopic (exact) mass is 156 g/mol. The van der Waals surface area contributed by atoms with Crippen LogP contribution in [0.25, 0.3) is 0 Å². The lowest BCUT2D eigenvalue weighted by Crippen LogP contribution is -1.67. The third kappa shape index (κ3) is 1.09. The molecule has 10 heavy (non-hydrogen) atoms. The summed E-state index contributed by atoms with van der Waals surface area (Å²) in [6.07, 6.45) is 0. The molecule has 0 fully saturated rings. The molecule has 0 aliphatic carbocycles. The quantitative estimate of drug-likeness (QED) is 0.604. The SMILES string of the molecule is N=Nc1cccc(Cl)c1O. The first kappa shape index (κ1) is 7.02. The number of hydrogen-bond donors (Lipinski definition) is 2. The van der Waals surface area contributed by atoms with Gasteiger partial charge >= 0.3 is 0 Å². The molecule has 0 saturated heterocycles. The molecule has 0 heterocycles. The molecule has 2 N–H and O–H groups in total. The smallest absolute Gasteiger partial charge is 0.161 e. The molecule has 0 radical (unpaired) electrons. The van der Waals surface area contributed by atoms with Gasteiger partial charge in [-0.3, -0.25) is 0 Å². The fourth-order valence-corrected chi connectivity index (χ4v) is 0.764. The van der Waals surface area contributed by atoms with Gasteiger partial charge in [0, 0.05) is 0 Å². The lowest BCUT2D eigenvalue weighted by molar-refractivity contribution is 0.476. The molecule has 0 saturated carbocycles. The van der Waals surface area contributed by atoms with Gasteiger partial charge in [-0.25, -0.2) is 5.53 Å². The summed E-state index contributed by atoms with van der Waals surface area (Å²) in [4.78, 5) is 0. The van der Waals surface area contributed by atoms with Crippen molar-refractivity contribution in [3.8, 4) is 5.75 Å². The molecular formula is C6H5ClN2O. The maximum Gasteiger partial charge on any atom is 0.161 e. The van der Waals surface area contributed by atoms with E-state index in [1.807, 2.05) is 0 Å². The van der Waals surface area contributed by atoms with E-state index in [1.165, 1.54) is 12.1 Å². The molecule has 1 rings (SSSR count). The molecule has 0 atom stereocenters. The Bertz CT molecular complexity index is 262. The highest BCUT2D eigenvalue weighted by Crippen LogP contribution is 2.32. The predicted molar refractivity (Wildman–Crippen MR) is 37.9 cm³/mol. The van der Waals surface area contributed by atoms with E-state index in [-0.39, 0.29) is 16.5 Å². The third-order valence-corrected chi connectivity index (χ3v) is 1.39. The normalized spacial score (nSPS) is 9.30. The predicted octanol–water partition coefficient (Wildman–Crippen LogP) is 2.71. The van der Waals surface area contributed by atoms with E-state index < -0.39 is 0 Å². The van der Waals surface area contributed by atoms with Gasteiger partial charge in [0.25, 0.3) is 0 Å². The number of phenols is 1. The molecule has 0 aliphatic rings. The molecule has 0 aromatic heterocycles. The average molecular weight is 157 g/mol. The lowest BCUT2D eigenvalue weighted by atomic mass is 10.3. The number of hydrogen-bond acceptors (Lipinski definition) is 3. The molecule has 0 aliphatic heterocycles. The molecule has 1 aromatic rings. The Morgan fingerprint density at radius 2 is 2.20 bits per heavy atom. The van der Waals surface area contributed by atoms with E-state index in [0.29, 0.717) is 0 Å². The van der Waals surface area contributed by atoms with E-state index in [4.69, 9.17) is 22.2 Å². The first-order valence-electron chi connectivity index (χ1n) is 2.60. The zero-order chi connectivity index (χ0) is 7.56. The van der Waals surface area contributed by atoms with Gasteiger partial charge in [0.05, 0.1) is 5.02 Å². The molecule has 0 spiro atoms. The Morgan fingerprint density at radius 3 is 2.70 bits per heavy atom. The Morgan fingerprint density at radius 1 is 1.50 bits per heavy atom. The minimum absolute atomic E-state index is 0.140. The van der Waals surface area contributed by atoms with Crippen LogP contribution in [0, 0.1) is 5.53 Å². The van der Waals surface area contributed by atoms with Crippen molar-refractivity contribution in [2.75, 3.05) is 0 Å². The average Bonchev–Trinajstić information content (AvgIpc) is 1.95. The Labute approximate surface area is 62.8 Å². The fraction of sp³-hybridized carbons (Fsp3) is 0. The topological polar surface area (TPSA) is 56.4 Å². The first-order valence-corrected chi connectivity index (χ1v) is 2.98. The number of halogens is 1. The molecule has 52 valence electrons. The van der Waals surface area contributed by atoms with Gasteiger partial charge in [0.2, 0.25) is 0 Å². The van der Waals surface area contributed by atoms with Gasteiger partial charge in [0.1, 0.15) is 5.69 Å². The van der Waals surface area contributed by atoms with Crippen LogP contribution < -0.4 is 0 Å². The number of benzene rings is 1. The summed E-state index contributed by atoms with van der Waals surface area (Å²) in [5.74, 6) is -0.140. The van der Waals surface area contributed by atoms with E-state index in [0.717, 1.165) is 0 Å². The van der Waals surface area contributed by atoms with Crippen molar-refractivity contribution < 1.29 is 5.11 Å². The van der Waals surface area contributed by atoms with Gasteiger partial charge in [0.15, 0.2) is 5.75 Å². The van der Waals surface area contributed by atoms with Crippen molar-refractivity contribution in [3.05, 3.63) is 23.2 Å². The second-order valence-electron chi connectivity index (χ2n) is 1.72. The van der Waals surface area contributed by atoms with Crippen LogP contribution in [-0.4, -0.2) is 5.11 Å². The number of nitrogens with zero attached hydrogens (tertiary/aromatic N) is 1. The Hall–Kier alpha value is -1.09. The van der Waals surface area contributed by atoms with Crippen LogP contribution in [0.5, 0.6) is 5.75 Å². The van der Waals surface area contributed by atoms with Crippen molar-refractivity contribution in [2.24, 2.45) is 5.11 Å². The van der Waals surface area contributed by atoms with Crippen molar-refractivity contribution >= 4 is 17.3 Å². The Kier molecular flexibility index (Phi) is 1.87. The van der Waals surface area contributed by atoms with Crippen LogP contribution in [0.1, 0.15) is 0 Å². The zero-order valence-electron chi connectivity index (χ0n) is 5.00. The molecule has 1 aromatic carbocycles. The highest BCUT2D eigenvalue weighted by atomic mass is 35.5. The minimum atomic E-state index is -0.140. The maximum absolute atomic E-state index is 9.05. The van der Waals surface area contributed by atoms with Crippen LogP contribution >= 0.6 is 11.6 Å². The molecular weight excluding hydrogens is 152 g/mol. The molecule has 0 bridgehead atoms. The van der Waals surface area contributed by atoms with E-state index in [2.05, 4.69) is 5.11 Å². The number of aromatic hydroxyl groups is 1. The van der Waals surface area contributed by atoms with Crippen LogP contribution in [-0.2, 0) is 0 Å². The summed E-state index contributed by atoms with van der Waals surface area (Å²) >= 11 is 5.50. The summed E-state index contributed by atoms with van der Waals surface area (Å²) in [5.41, 5.74) is 6.78. The lowest BCUT2D eigenvalue weighted by Gasteiger charge is -1.96. The highest BCUT2D eigenvalue weighted by molar-refractivity contribution is 6.32. The number of phenolic OH excluding ortho intramolecular Hbond substituents is 1. The third-order valence-electron chi connectivity index (χ3n) is 1.09. The fourth-order valence-electron chi connectivity index (χ4n) is 0.594. The number of nitrogens with one attached hydrogen (secondary N) is 1. The molecule has 0 amide bonds. The van der Waals surface area contributed by atoms with Gasteiger partial charge < -0.3 is 5.11 Å². The summed E-state index contributed by atoms with van der Waals surface area (Å²) in [5, 5.41) is 12.3. The summed E-state index contributed by atoms with van der Waals surface area (Å²) in [6.45, 7) is 0. The minimum Gasteiger partial charge on any atom is -0.504 e. The highest BCUT2D eigenvalue weighted by Gasteiger charge is 2.01. The Balaban J connectivity index is 3.27. The van der Waals surface area contributed by atoms with Crippen molar-refractivity contribution in [2.45, 2.75) is 0 Å². The first-order chi connectivity index (χ1) is 4.75. The second-order valence-corrected chi connectivity index (χ2v) is 2.13. The maximum atomic E-state index is 9.05. The van der Waals surface area contributed by atoms with Crippen molar-refractivity contribution in [3.63, 3.8) is 0 Å². The van der Waals surface area contributed by atoms with Crippen LogP contribution in [0.2, 0.25) is 5.02 Å². The molecule has 0 unspecified atom stereocenters.